The molecule has 0 fully saturated rings. The van der Waals surface area contributed by atoms with Crippen molar-refractivity contribution < 1.29 is 17.4 Å². The third kappa shape index (κ3) is 26.3. The van der Waals surface area contributed by atoms with E-state index in [0.717, 1.165) is 12.8 Å². The molecule has 0 aromatic carbocycles. The van der Waals surface area contributed by atoms with Crippen LogP contribution in [-0.2, 0) is 19.1 Å². The zero-order valence-electron chi connectivity index (χ0n) is 12.6. The summed E-state index contributed by atoms with van der Waals surface area (Å²) in [5, 5.41) is 0. The third-order valence-corrected chi connectivity index (χ3v) is 4.25. The molecule has 0 unspecified atom stereocenters. The molecule has 0 rings (SSSR count). The van der Waals surface area contributed by atoms with E-state index >= 15 is 0 Å². The summed E-state index contributed by atoms with van der Waals surface area (Å²) in [5.41, 5.74) is 5.12. The van der Waals surface area contributed by atoms with E-state index in [4.69, 9.17) is 5.73 Å². The Morgan fingerprint density at radius 2 is 1.30 bits per heavy atom. The van der Waals surface area contributed by atoms with Gasteiger partial charge in [0.25, 0.3) is 0 Å². The molecular formula is C14H32K3NO4S. The molecule has 2 N–H and O–H groups in total. The van der Waals surface area contributed by atoms with E-state index in [-0.39, 0.29) is 173 Å². The van der Waals surface area contributed by atoms with Crippen molar-refractivity contribution in [1.82, 2.24) is 0 Å². The topological polar surface area (TPSA) is 86.5 Å². The van der Waals surface area contributed by atoms with Gasteiger partial charge in [-0.25, -0.2) is 0 Å². The van der Waals surface area contributed by atoms with Crippen molar-refractivity contribution in [2.45, 2.75) is 71.1 Å². The molecule has 0 saturated carbocycles. The minimum absolute atomic E-state index is 0. The molecule has 0 aliphatic rings. The van der Waals surface area contributed by atoms with Crippen molar-refractivity contribution >= 4 is 170 Å². The van der Waals surface area contributed by atoms with Gasteiger partial charge in [-0.15, -0.1) is 0 Å². The molecule has 0 atom stereocenters. The van der Waals surface area contributed by atoms with E-state index in [1.54, 1.807) is 0 Å². The van der Waals surface area contributed by atoms with E-state index < -0.39 is 16.1 Å². The quantitative estimate of drug-likeness (QED) is 0.267. The van der Waals surface area contributed by atoms with Gasteiger partial charge in [-0.1, -0.05) is 58.3 Å². The van der Waals surface area contributed by atoms with E-state index in [1.807, 2.05) is 0 Å². The normalized spacial score (nSPS) is 10.0. The average molecular weight is 428 g/mol. The molecule has 0 aromatic rings. The van der Waals surface area contributed by atoms with Crippen LogP contribution in [0.3, 0.4) is 0 Å². The van der Waals surface area contributed by atoms with Gasteiger partial charge in [0.2, 0.25) is 0 Å². The Bertz CT molecular complexity index is 354. The van der Waals surface area contributed by atoms with Crippen LogP contribution in [0.15, 0.2) is 0 Å². The number of carbonyl (C=O) groups is 1. The van der Waals surface area contributed by atoms with Crippen LogP contribution in [0.5, 0.6) is 0 Å². The molecule has 0 amide bonds. The van der Waals surface area contributed by atoms with Crippen LogP contribution >= 0.6 is 0 Å². The molecule has 0 saturated heterocycles. The van der Waals surface area contributed by atoms with E-state index in [2.05, 4.69) is 11.1 Å². The van der Waals surface area contributed by atoms with Gasteiger partial charge in [0.1, 0.15) is 0 Å². The Morgan fingerprint density at radius 1 is 0.870 bits per heavy atom. The van der Waals surface area contributed by atoms with Crippen LogP contribution in [-0.4, -0.2) is 181 Å². The molecule has 5 nitrogen and oxygen atoms in total. The summed E-state index contributed by atoms with van der Waals surface area (Å²) in [5.74, 6) is -0.974. The van der Waals surface area contributed by atoms with Crippen molar-refractivity contribution in [3.05, 3.63) is 0 Å². The minimum atomic E-state index is -3.77. The van der Waals surface area contributed by atoms with Crippen molar-refractivity contribution in [2.24, 2.45) is 5.73 Å². The molecule has 0 aliphatic carbocycles. The Balaban J connectivity index is -0.000000602. The second kappa shape index (κ2) is 24.3. The number of nitrogens with two attached hydrogens (primary N) is 1. The molecule has 0 heterocycles. The fourth-order valence-corrected chi connectivity index (χ4v) is 2.69. The number of rotatable bonds is 13. The summed E-state index contributed by atoms with van der Waals surface area (Å²) in [6.07, 6.45) is 10.5. The van der Waals surface area contributed by atoms with E-state index in [0.29, 0.717) is 6.42 Å². The summed E-state index contributed by atoms with van der Waals surface area (Å²) in [6, 6.07) is 0. The van der Waals surface area contributed by atoms with Crippen LogP contribution in [0.1, 0.15) is 71.1 Å². The van der Waals surface area contributed by atoms with E-state index in [1.165, 1.54) is 38.5 Å². The standard InChI is InChI=1S/C14H29NO4S.3K.3H/c1-2-3-4-5-6-7-8-9-10-11-14(16)19-20(17,18)13-12-15;;;;;;/h2-13,15H2,1H3;;;;;;. The van der Waals surface area contributed by atoms with Crippen LogP contribution in [0, 0.1) is 0 Å². The first kappa shape index (κ1) is 34.8. The predicted molar refractivity (Wildman–Crippen MR) is 102 cm³/mol. The number of unbranched alkanes of at least 4 members (excludes halogenated alkanes) is 8. The molecule has 0 bridgehead atoms. The van der Waals surface area contributed by atoms with Crippen molar-refractivity contribution in [3.8, 4) is 0 Å². The fourth-order valence-electron chi connectivity index (χ4n) is 1.95. The number of carbonyl (C=O) groups excluding carboxylic acids is 1. The summed E-state index contributed by atoms with van der Waals surface area (Å²) in [4.78, 5) is 11.3. The van der Waals surface area contributed by atoms with E-state index in [9.17, 15) is 13.2 Å². The molecule has 0 spiro atoms. The first-order valence-electron chi connectivity index (χ1n) is 7.67. The SMILES string of the molecule is CCCCCCCCCCCC(=O)OS(=O)(=O)CCN.[KH].[KH].[KH]. The van der Waals surface area contributed by atoms with Gasteiger partial charge in [0, 0.05) is 13.0 Å². The molecule has 126 valence electrons. The molecule has 9 heteroatoms. The monoisotopic (exact) mass is 427 g/mol. The van der Waals surface area contributed by atoms with Gasteiger partial charge >= 0.3 is 170 Å². The first-order valence-corrected chi connectivity index (χ1v) is 9.24. The number of hydrogen-bond donors (Lipinski definition) is 1. The second-order valence-electron chi connectivity index (χ2n) is 5.08. The summed E-state index contributed by atoms with van der Waals surface area (Å²) in [7, 11) is -3.77. The van der Waals surface area contributed by atoms with Crippen LogP contribution in [0.25, 0.3) is 0 Å². The third-order valence-electron chi connectivity index (χ3n) is 3.07. The molecule has 0 aromatic heterocycles. The second-order valence-corrected chi connectivity index (χ2v) is 6.77. The van der Waals surface area contributed by atoms with Gasteiger partial charge < -0.3 is 9.92 Å². The zero-order valence-corrected chi connectivity index (χ0v) is 13.4. The number of hydrogen-bond acceptors (Lipinski definition) is 5. The van der Waals surface area contributed by atoms with Crippen LogP contribution < -0.4 is 5.73 Å². The maximum absolute atomic E-state index is 11.3. The van der Waals surface area contributed by atoms with Crippen molar-refractivity contribution in [2.75, 3.05) is 12.3 Å². The summed E-state index contributed by atoms with van der Waals surface area (Å²) >= 11 is 0. The Labute approximate surface area is 270 Å². The van der Waals surface area contributed by atoms with Crippen LogP contribution in [0.4, 0.5) is 0 Å². The van der Waals surface area contributed by atoms with Crippen molar-refractivity contribution in [1.29, 1.82) is 0 Å². The Morgan fingerprint density at radius 3 is 1.74 bits per heavy atom. The summed E-state index contributed by atoms with van der Waals surface area (Å²) < 4.78 is 26.8. The van der Waals surface area contributed by atoms with Gasteiger partial charge in [0.15, 0.2) is 0 Å². The molecular weight excluding hydrogens is 396 g/mol. The van der Waals surface area contributed by atoms with Gasteiger partial charge in [-0.2, -0.15) is 8.42 Å². The van der Waals surface area contributed by atoms with Gasteiger partial charge in [-0.05, 0) is 6.42 Å². The van der Waals surface area contributed by atoms with Gasteiger partial charge in [-0.3, -0.25) is 4.79 Å². The molecule has 23 heavy (non-hydrogen) atoms. The maximum atomic E-state index is 11.3. The average Bonchev–Trinajstić information content (AvgIpc) is 2.36. The zero-order chi connectivity index (χ0) is 15.3. The van der Waals surface area contributed by atoms with Crippen LogP contribution in [0.2, 0.25) is 0 Å². The molecule has 0 aliphatic heterocycles. The molecule has 0 radical (unpaired) electrons. The van der Waals surface area contributed by atoms with Gasteiger partial charge in [0.05, 0.1) is 5.75 Å². The predicted octanol–water partition coefficient (Wildman–Crippen LogP) is 0.793. The fraction of sp³-hybridized carbons (Fsp3) is 0.929. The summed E-state index contributed by atoms with van der Waals surface area (Å²) in [6.45, 7) is 2.17. The first-order chi connectivity index (χ1) is 9.52. The Kier molecular flexibility index (Phi) is 36.8. The Hall–Kier alpha value is 4.29. The van der Waals surface area contributed by atoms with Crippen molar-refractivity contribution in [3.63, 3.8) is 0 Å².